The van der Waals surface area contributed by atoms with Gasteiger partial charge in [-0.3, -0.25) is 4.98 Å². The molecule has 0 saturated carbocycles. The molecule has 0 aliphatic rings. The third-order valence-corrected chi connectivity index (χ3v) is 4.21. The number of hydrogen-bond acceptors (Lipinski definition) is 3. The van der Waals surface area contributed by atoms with Crippen LogP contribution in [0.4, 0.5) is 4.39 Å². The SMILES string of the molecule is CCNC(=NCC(CC)Oc1ccccc1F)NCCc1ccncc1C.I. The van der Waals surface area contributed by atoms with Gasteiger partial charge in [0.05, 0.1) is 6.54 Å². The van der Waals surface area contributed by atoms with Crippen molar-refractivity contribution < 1.29 is 9.13 Å². The highest BCUT2D eigenvalue weighted by molar-refractivity contribution is 14.0. The van der Waals surface area contributed by atoms with Gasteiger partial charge in [-0.15, -0.1) is 24.0 Å². The second-order valence-corrected chi connectivity index (χ2v) is 6.28. The molecule has 0 aliphatic heterocycles. The van der Waals surface area contributed by atoms with E-state index in [2.05, 4.69) is 27.5 Å². The summed E-state index contributed by atoms with van der Waals surface area (Å²) in [5.74, 6) is 0.656. The summed E-state index contributed by atoms with van der Waals surface area (Å²) in [4.78, 5) is 8.72. The predicted molar refractivity (Wildman–Crippen MR) is 123 cm³/mol. The lowest BCUT2D eigenvalue weighted by atomic mass is 10.1. The van der Waals surface area contributed by atoms with Crippen molar-refractivity contribution in [1.82, 2.24) is 15.6 Å². The van der Waals surface area contributed by atoms with Crippen LogP contribution in [0.1, 0.15) is 31.4 Å². The lowest BCUT2D eigenvalue weighted by Gasteiger charge is -2.17. The van der Waals surface area contributed by atoms with Crippen molar-refractivity contribution in [1.29, 1.82) is 0 Å². The van der Waals surface area contributed by atoms with Crippen LogP contribution >= 0.6 is 24.0 Å². The van der Waals surface area contributed by atoms with Crippen LogP contribution in [0.5, 0.6) is 5.75 Å². The van der Waals surface area contributed by atoms with Gasteiger partial charge in [-0.25, -0.2) is 9.38 Å². The van der Waals surface area contributed by atoms with E-state index < -0.39 is 0 Å². The van der Waals surface area contributed by atoms with E-state index in [0.29, 0.717) is 6.54 Å². The van der Waals surface area contributed by atoms with Crippen molar-refractivity contribution in [3.63, 3.8) is 0 Å². The summed E-state index contributed by atoms with van der Waals surface area (Å²) in [5, 5.41) is 6.58. The molecule has 1 unspecified atom stereocenters. The number of para-hydroxylation sites is 1. The summed E-state index contributed by atoms with van der Waals surface area (Å²) in [5.41, 5.74) is 2.45. The minimum absolute atomic E-state index is 0. The second kappa shape index (κ2) is 13.3. The lowest BCUT2D eigenvalue weighted by Crippen LogP contribution is -2.39. The number of hydrogen-bond donors (Lipinski definition) is 2. The average Bonchev–Trinajstić information content (AvgIpc) is 2.67. The van der Waals surface area contributed by atoms with E-state index in [9.17, 15) is 4.39 Å². The third-order valence-electron chi connectivity index (χ3n) is 4.21. The molecule has 5 nitrogen and oxygen atoms in total. The number of guanidine groups is 1. The number of aliphatic imine (C=N–C) groups is 1. The summed E-state index contributed by atoms with van der Waals surface area (Å²) >= 11 is 0. The molecule has 154 valence electrons. The second-order valence-electron chi connectivity index (χ2n) is 6.28. The molecule has 7 heteroatoms. The number of aryl methyl sites for hydroxylation is 1. The van der Waals surface area contributed by atoms with Gasteiger partial charge in [0, 0.05) is 25.5 Å². The molecule has 0 saturated heterocycles. The Kier molecular flexibility index (Phi) is 11.5. The van der Waals surface area contributed by atoms with Crippen LogP contribution in [-0.4, -0.2) is 36.7 Å². The molecule has 1 atom stereocenters. The zero-order chi connectivity index (χ0) is 19.5. The fraction of sp³-hybridized carbons (Fsp3) is 0.429. The summed E-state index contributed by atoms with van der Waals surface area (Å²) in [6.45, 7) is 8.08. The third kappa shape index (κ3) is 8.00. The molecule has 1 heterocycles. The Morgan fingerprint density at radius 3 is 2.68 bits per heavy atom. The first-order valence-corrected chi connectivity index (χ1v) is 9.46. The highest BCUT2D eigenvalue weighted by Gasteiger charge is 2.11. The molecular formula is C21H30FIN4O. The van der Waals surface area contributed by atoms with Gasteiger partial charge in [0.15, 0.2) is 17.5 Å². The van der Waals surface area contributed by atoms with Gasteiger partial charge in [0.2, 0.25) is 0 Å². The molecule has 0 radical (unpaired) electrons. The molecule has 1 aromatic heterocycles. The maximum absolute atomic E-state index is 13.8. The van der Waals surface area contributed by atoms with E-state index in [4.69, 9.17) is 4.74 Å². The van der Waals surface area contributed by atoms with Gasteiger partial charge in [0.25, 0.3) is 0 Å². The highest BCUT2D eigenvalue weighted by Crippen LogP contribution is 2.18. The minimum atomic E-state index is -0.349. The number of ether oxygens (including phenoxy) is 1. The average molecular weight is 500 g/mol. The van der Waals surface area contributed by atoms with Crippen molar-refractivity contribution in [2.45, 2.75) is 39.7 Å². The van der Waals surface area contributed by atoms with Crippen molar-refractivity contribution in [3.05, 3.63) is 59.7 Å². The normalized spacial score (nSPS) is 12.1. The minimum Gasteiger partial charge on any atom is -0.485 e. The summed E-state index contributed by atoms with van der Waals surface area (Å²) < 4.78 is 19.5. The summed E-state index contributed by atoms with van der Waals surface area (Å²) in [7, 11) is 0. The standard InChI is InChI=1S/C21H29FN4O.HI/c1-4-18(27-20-9-7-6-8-19(20)22)15-26-21(24-5-2)25-13-11-17-10-12-23-14-16(17)3;/h6-10,12,14,18H,4-5,11,13,15H2,1-3H3,(H2,24,25,26);1H. The molecule has 2 N–H and O–H groups in total. The van der Waals surface area contributed by atoms with Crippen molar-refractivity contribution >= 4 is 29.9 Å². The van der Waals surface area contributed by atoms with E-state index >= 15 is 0 Å². The van der Waals surface area contributed by atoms with Gasteiger partial charge in [-0.2, -0.15) is 0 Å². The van der Waals surface area contributed by atoms with Crippen molar-refractivity contribution in [3.8, 4) is 5.75 Å². The van der Waals surface area contributed by atoms with Crippen LogP contribution in [0, 0.1) is 12.7 Å². The van der Waals surface area contributed by atoms with Gasteiger partial charge in [-0.1, -0.05) is 19.1 Å². The van der Waals surface area contributed by atoms with Gasteiger partial charge in [-0.05, 0) is 56.0 Å². The Balaban J connectivity index is 0.00000392. The molecule has 1 aromatic carbocycles. The number of aromatic nitrogens is 1. The van der Waals surface area contributed by atoms with Crippen LogP contribution in [0.2, 0.25) is 0 Å². The summed E-state index contributed by atoms with van der Waals surface area (Å²) in [6.07, 6.45) is 5.14. The van der Waals surface area contributed by atoms with Gasteiger partial charge < -0.3 is 15.4 Å². The number of nitrogens with zero attached hydrogens (tertiary/aromatic N) is 2. The van der Waals surface area contributed by atoms with Gasteiger partial charge >= 0.3 is 0 Å². The quantitative estimate of drug-likeness (QED) is 0.309. The van der Waals surface area contributed by atoms with Crippen molar-refractivity contribution in [2.75, 3.05) is 19.6 Å². The van der Waals surface area contributed by atoms with E-state index in [0.717, 1.165) is 31.9 Å². The number of nitrogens with one attached hydrogen (secondary N) is 2. The molecule has 2 aromatic rings. The fourth-order valence-electron chi connectivity index (χ4n) is 2.60. The Hall–Kier alpha value is -1.90. The topological polar surface area (TPSA) is 58.5 Å². The molecule has 0 bridgehead atoms. The van der Waals surface area contributed by atoms with Gasteiger partial charge in [0.1, 0.15) is 6.10 Å². The molecule has 2 rings (SSSR count). The van der Waals surface area contributed by atoms with Crippen molar-refractivity contribution in [2.24, 2.45) is 4.99 Å². The number of pyridine rings is 1. The van der Waals surface area contributed by atoms with Crippen LogP contribution in [0.3, 0.4) is 0 Å². The Morgan fingerprint density at radius 2 is 2.00 bits per heavy atom. The molecule has 0 aliphatic carbocycles. The van der Waals surface area contributed by atoms with Crippen LogP contribution in [-0.2, 0) is 6.42 Å². The maximum atomic E-state index is 13.8. The zero-order valence-electron chi connectivity index (χ0n) is 16.7. The first-order valence-electron chi connectivity index (χ1n) is 9.46. The molecule has 0 fully saturated rings. The first-order chi connectivity index (χ1) is 13.1. The number of benzene rings is 1. The number of halogens is 2. The monoisotopic (exact) mass is 500 g/mol. The zero-order valence-corrected chi connectivity index (χ0v) is 19.1. The Bertz CT molecular complexity index is 742. The Labute approximate surface area is 184 Å². The van der Waals surface area contributed by atoms with E-state index in [-0.39, 0.29) is 41.6 Å². The molecule has 28 heavy (non-hydrogen) atoms. The highest BCUT2D eigenvalue weighted by atomic mass is 127. The lowest BCUT2D eigenvalue weighted by molar-refractivity contribution is 0.196. The van der Waals surface area contributed by atoms with Crippen LogP contribution < -0.4 is 15.4 Å². The summed E-state index contributed by atoms with van der Waals surface area (Å²) in [6, 6.07) is 8.50. The van der Waals surface area contributed by atoms with E-state index in [1.165, 1.54) is 17.2 Å². The van der Waals surface area contributed by atoms with E-state index in [1.54, 1.807) is 18.2 Å². The molecule has 0 spiro atoms. The van der Waals surface area contributed by atoms with Crippen LogP contribution in [0.25, 0.3) is 0 Å². The molecular weight excluding hydrogens is 470 g/mol. The maximum Gasteiger partial charge on any atom is 0.191 e. The Morgan fingerprint density at radius 1 is 1.21 bits per heavy atom. The number of rotatable bonds is 9. The van der Waals surface area contributed by atoms with Crippen LogP contribution in [0.15, 0.2) is 47.7 Å². The smallest absolute Gasteiger partial charge is 0.191 e. The molecule has 0 amide bonds. The van der Waals surface area contributed by atoms with E-state index in [1.807, 2.05) is 32.3 Å². The largest absolute Gasteiger partial charge is 0.485 e. The predicted octanol–water partition coefficient (Wildman–Crippen LogP) is 4.10. The first kappa shape index (κ1) is 24.1. The fourth-order valence-corrected chi connectivity index (χ4v) is 2.60.